The first-order valence-electron chi connectivity index (χ1n) is 8.25. The molecule has 7 heteroatoms. The molecule has 0 aliphatic heterocycles. The van der Waals surface area contributed by atoms with E-state index in [9.17, 15) is 14.4 Å². The summed E-state index contributed by atoms with van der Waals surface area (Å²) in [7, 11) is 3.04. The molecule has 0 saturated heterocycles. The lowest BCUT2D eigenvalue weighted by atomic mass is 9.92. The number of hydrogen-bond acceptors (Lipinski definition) is 5. The number of rotatable bonds is 5. The number of benzene rings is 2. The third kappa shape index (κ3) is 3.68. The fraction of sp³-hybridized carbons (Fsp3) is 0.0952. The summed E-state index contributed by atoms with van der Waals surface area (Å²) in [4.78, 5) is 37.2. The zero-order valence-corrected chi connectivity index (χ0v) is 15.9. The van der Waals surface area contributed by atoms with E-state index >= 15 is 0 Å². The molecule has 0 unspecified atom stereocenters. The van der Waals surface area contributed by atoms with Crippen molar-refractivity contribution >= 4 is 35.2 Å². The summed E-state index contributed by atoms with van der Waals surface area (Å²) in [5, 5.41) is 2.10. The summed E-state index contributed by atoms with van der Waals surface area (Å²) in [6.07, 6.45) is 2.77. The second kappa shape index (κ2) is 8.10. The van der Waals surface area contributed by atoms with Crippen LogP contribution in [0.1, 0.15) is 26.3 Å². The first kappa shape index (κ1) is 19.4. The fourth-order valence-electron chi connectivity index (χ4n) is 2.75. The van der Waals surface area contributed by atoms with E-state index in [0.717, 1.165) is 0 Å². The van der Waals surface area contributed by atoms with Gasteiger partial charge in [0.1, 0.15) is 10.7 Å². The molecular weight excluding hydrogens is 382 g/mol. The lowest BCUT2D eigenvalue weighted by molar-refractivity contribution is -0.115. The van der Waals surface area contributed by atoms with E-state index in [1.807, 2.05) is 0 Å². The van der Waals surface area contributed by atoms with Crippen LogP contribution in [0.3, 0.4) is 0 Å². The van der Waals surface area contributed by atoms with Gasteiger partial charge in [0.15, 0.2) is 11.5 Å². The van der Waals surface area contributed by atoms with Gasteiger partial charge in [-0.15, -0.1) is 0 Å². The van der Waals surface area contributed by atoms with Crippen molar-refractivity contribution < 1.29 is 23.9 Å². The molecule has 1 aliphatic carbocycles. The molecule has 0 radical (unpaired) electrons. The number of carbonyl (C=O) groups is 3. The Bertz CT molecular complexity index is 1040. The normalized spacial score (nSPS) is 13.5. The quantitative estimate of drug-likeness (QED) is 0.782. The molecule has 0 heterocycles. The van der Waals surface area contributed by atoms with Crippen molar-refractivity contribution in [3.8, 4) is 11.5 Å². The van der Waals surface area contributed by atoms with Crippen LogP contribution >= 0.6 is 11.6 Å². The molecule has 1 amide bonds. The molecule has 2 aromatic rings. The number of Topliss-reactive ketones (excluding diaryl/α,β-unsaturated/α-hetero) is 2. The maximum absolute atomic E-state index is 12.6. The van der Waals surface area contributed by atoms with Crippen molar-refractivity contribution in [2.75, 3.05) is 14.2 Å². The van der Waals surface area contributed by atoms with Gasteiger partial charge in [-0.2, -0.15) is 0 Å². The molecule has 2 aromatic carbocycles. The molecule has 0 bridgehead atoms. The van der Waals surface area contributed by atoms with Gasteiger partial charge in [0.2, 0.25) is 17.5 Å². The summed E-state index contributed by atoms with van der Waals surface area (Å²) < 4.78 is 10.4. The highest BCUT2D eigenvalue weighted by molar-refractivity contribution is 6.50. The Morgan fingerprint density at radius 2 is 1.61 bits per heavy atom. The van der Waals surface area contributed by atoms with Crippen LogP contribution in [0.15, 0.2) is 59.3 Å². The number of carbonyl (C=O) groups excluding carboxylic acids is 3. The molecule has 0 atom stereocenters. The summed E-state index contributed by atoms with van der Waals surface area (Å²) in [5.41, 5.74) is 0.879. The second-order valence-corrected chi connectivity index (χ2v) is 6.21. The SMILES string of the molecule is COc1ccc(C=CC(=O)NC2=C(Cl)C(=O)c3ccccc3C2=O)cc1OC. The van der Waals surface area contributed by atoms with Crippen LogP contribution in [0, 0.1) is 0 Å². The van der Waals surface area contributed by atoms with E-state index in [0.29, 0.717) is 17.1 Å². The van der Waals surface area contributed by atoms with Gasteiger partial charge in [-0.3, -0.25) is 14.4 Å². The summed E-state index contributed by atoms with van der Waals surface area (Å²) >= 11 is 6.03. The van der Waals surface area contributed by atoms with Gasteiger partial charge >= 0.3 is 0 Å². The van der Waals surface area contributed by atoms with Crippen molar-refractivity contribution in [3.63, 3.8) is 0 Å². The standard InChI is InChI=1S/C21H16ClNO5/c1-27-15-9-7-12(11-16(15)28-2)8-10-17(24)23-19-18(22)20(25)13-5-3-4-6-14(13)21(19)26/h3-11H,1-2H3,(H,23,24). The lowest BCUT2D eigenvalue weighted by Crippen LogP contribution is -2.32. The van der Waals surface area contributed by atoms with Crippen molar-refractivity contribution in [1.29, 1.82) is 0 Å². The molecule has 142 valence electrons. The molecule has 28 heavy (non-hydrogen) atoms. The van der Waals surface area contributed by atoms with E-state index in [2.05, 4.69) is 5.32 Å². The second-order valence-electron chi connectivity index (χ2n) is 5.83. The zero-order valence-electron chi connectivity index (χ0n) is 15.1. The van der Waals surface area contributed by atoms with E-state index in [1.54, 1.807) is 30.3 Å². The number of hydrogen-bond donors (Lipinski definition) is 1. The van der Waals surface area contributed by atoms with Crippen LogP contribution in [-0.2, 0) is 4.79 Å². The van der Waals surface area contributed by atoms with Crippen molar-refractivity contribution in [2.24, 2.45) is 0 Å². The third-order valence-electron chi connectivity index (χ3n) is 4.15. The van der Waals surface area contributed by atoms with Gasteiger partial charge < -0.3 is 14.8 Å². The minimum atomic E-state index is -0.594. The van der Waals surface area contributed by atoms with Crippen LogP contribution in [0.4, 0.5) is 0 Å². The van der Waals surface area contributed by atoms with E-state index in [4.69, 9.17) is 21.1 Å². The van der Waals surface area contributed by atoms with E-state index in [1.165, 1.54) is 38.5 Å². The number of fused-ring (bicyclic) bond motifs is 1. The largest absolute Gasteiger partial charge is 0.493 e. The average molecular weight is 398 g/mol. The molecule has 6 nitrogen and oxygen atoms in total. The molecular formula is C21H16ClNO5. The Morgan fingerprint density at radius 3 is 2.25 bits per heavy atom. The van der Waals surface area contributed by atoms with Gasteiger partial charge in [0.25, 0.3) is 0 Å². The van der Waals surface area contributed by atoms with Crippen molar-refractivity contribution in [2.45, 2.75) is 0 Å². The van der Waals surface area contributed by atoms with Gasteiger partial charge in [-0.1, -0.05) is 41.9 Å². The smallest absolute Gasteiger partial charge is 0.248 e. The topological polar surface area (TPSA) is 81.7 Å². The number of nitrogens with one attached hydrogen (secondary N) is 1. The molecule has 0 fully saturated rings. The summed E-state index contributed by atoms with van der Waals surface area (Å²) in [5.74, 6) is -0.529. The Kier molecular flexibility index (Phi) is 5.61. The minimum absolute atomic E-state index is 0.205. The average Bonchev–Trinajstić information content (AvgIpc) is 2.73. The van der Waals surface area contributed by atoms with Crippen LogP contribution in [0.5, 0.6) is 11.5 Å². The van der Waals surface area contributed by atoms with Crippen LogP contribution in [0.25, 0.3) is 6.08 Å². The molecule has 1 N–H and O–H groups in total. The summed E-state index contributed by atoms with van der Waals surface area (Å²) in [6.45, 7) is 0. The van der Waals surface area contributed by atoms with Crippen LogP contribution in [0.2, 0.25) is 0 Å². The predicted molar refractivity (Wildman–Crippen MR) is 105 cm³/mol. The Balaban J connectivity index is 1.80. The van der Waals surface area contributed by atoms with Gasteiger partial charge in [0, 0.05) is 17.2 Å². The monoisotopic (exact) mass is 397 g/mol. The highest BCUT2D eigenvalue weighted by Crippen LogP contribution is 2.28. The predicted octanol–water partition coefficient (Wildman–Crippen LogP) is 3.36. The first-order chi connectivity index (χ1) is 13.5. The Morgan fingerprint density at radius 1 is 0.964 bits per heavy atom. The van der Waals surface area contributed by atoms with Gasteiger partial charge in [0.05, 0.1) is 14.2 Å². The number of ketones is 2. The molecule has 0 spiro atoms. The number of amides is 1. The highest BCUT2D eigenvalue weighted by Gasteiger charge is 2.31. The Labute approximate surface area is 166 Å². The fourth-order valence-corrected chi connectivity index (χ4v) is 2.98. The van der Waals surface area contributed by atoms with Crippen LogP contribution < -0.4 is 14.8 Å². The van der Waals surface area contributed by atoms with Crippen LogP contribution in [-0.4, -0.2) is 31.7 Å². The maximum Gasteiger partial charge on any atom is 0.248 e. The minimum Gasteiger partial charge on any atom is -0.493 e. The molecule has 3 rings (SSSR count). The first-order valence-corrected chi connectivity index (χ1v) is 8.63. The number of ether oxygens (including phenoxy) is 2. The number of methoxy groups -OCH3 is 2. The zero-order chi connectivity index (χ0) is 20.3. The third-order valence-corrected chi connectivity index (χ3v) is 4.51. The van der Waals surface area contributed by atoms with Gasteiger partial charge in [-0.05, 0) is 23.8 Å². The van der Waals surface area contributed by atoms with E-state index in [-0.39, 0.29) is 21.9 Å². The highest BCUT2D eigenvalue weighted by atomic mass is 35.5. The lowest BCUT2D eigenvalue weighted by Gasteiger charge is -2.17. The molecule has 0 aromatic heterocycles. The molecule has 1 aliphatic rings. The molecule has 0 saturated carbocycles. The van der Waals surface area contributed by atoms with Crippen molar-refractivity contribution in [1.82, 2.24) is 5.32 Å². The maximum atomic E-state index is 12.6. The van der Waals surface area contributed by atoms with Gasteiger partial charge in [-0.25, -0.2) is 0 Å². The number of halogens is 1. The summed E-state index contributed by atoms with van der Waals surface area (Å²) in [6, 6.07) is 11.5. The number of allylic oxidation sites excluding steroid dienone is 2. The van der Waals surface area contributed by atoms with Crippen molar-refractivity contribution in [3.05, 3.63) is 76.0 Å². The van der Waals surface area contributed by atoms with E-state index < -0.39 is 17.5 Å². The Hall–Kier alpha value is -3.38.